The van der Waals surface area contributed by atoms with E-state index in [1.54, 1.807) is 36.7 Å². The molecule has 1 saturated carbocycles. The van der Waals surface area contributed by atoms with Crippen LogP contribution < -0.4 is 0 Å². The Balaban J connectivity index is 1.26. The molecule has 45 heavy (non-hydrogen) atoms. The van der Waals surface area contributed by atoms with E-state index in [4.69, 9.17) is 23.2 Å². The van der Waals surface area contributed by atoms with Gasteiger partial charge in [0.15, 0.2) is 0 Å². The molecule has 1 fully saturated rings. The summed E-state index contributed by atoms with van der Waals surface area (Å²) < 4.78 is 1.00. The maximum atomic E-state index is 14.4. The minimum Gasteiger partial charge on any atom is -0.336 e. The summed E-state index contributed by atoms with van der Waals surface area (Å²) in [6.45, 7) is 3.27. The summed E-state index contributed by atoms with van der Waals surface area (Å²) in [5.74, 6) is -0.00324. The van der Waals surface area contributed by atoms with Crippen molar-refractivity contribution in [2.24, 2.45) is 0 Å². The Labute approximate surface area is 278 Å². The fourth-order valence-electron chi connectivity index (χ4n) is 6.37. The minimum absolute atomic E-state index is 0.0220. The lowest BCUT2D eigenvalue weighted by atomic mass is 9.88. The first kappa shape index (κ1) is 31.3. The summed E-state index contributed by atoms with van der Waals surface area (Å²) in [4.78, 5) is 36.7. The Morgan fingerprint density at radius 1 is 0.800 bits per heavy atom. The van der Waals surface area contributed by atoms with Crippen LogP contribution in [-0.2, 0) is 6.54 Å². The highest BCUT2D eigenvalue weighted by molar-refractivity contribution is 7.21. The van der Waals surface area contributed by atoms with Gasteiger partial charge in [-0.2, -0.15) is 0 Å². The Kier molecular flexibility index (Phi) is 9.84. The Hall–Kier alpha value is -3.71. The average Bonchev–Trinajstić information content (AvgIpc) is 3.42. The van der Waals surface area contributed by atoms with Crippen molar-refractivity contribution >= 4 is 56.4 Å². The molecule has 0 N–H and O–H groups in total. The van der Waals surface area contributed by atoms with Crippen LogP contribution in [0.15, 0.2) is 97.3 Å². The molecule has 0 radical (unpaired) electrons. The summed E-state index contributed by atoms with van der Waals surface area (Å²) >= 11 is 14.4. The van der Waals surface area contributed by atoms with Gasteiger partial charge in [-0.1, -0.05) is 66.5 Å². The van der Waals surface area contributed by atoms with E-state index in [1.165, 1.54) is 11.3 Å². The van der Waals surface area contributed by atoms with Crippen molar-refractivity contribution in [2.45, 2.75) is 57.7 Å². The molecule has 5 nitrogen and oxygen atoms in total. The van der Waals surface area contributed by atoms with Crippen molar-refractivity contribution in [1.82, 2.24) is 14.8 Å². The molecule has 1 aliphatic rings. The van der Waals surface area contributed by atoms with Crippen molar-refractivity contribution in [3.8, 4) is 11.1 Å². The molecule has 230 valence electrons. The number of carbonyl (C=O) groups is 2. The van der Waals surface area contributed by atoms with Gasteiger partial charge in [0.2, 0.25) is 0 Å². The van der Waals surface area contributed by atoms with Crippen molar-refractivity contribution < 1.29 is 9.59 Å². The van der Waals surface area contributed by atoms with E-state index in [0.29, 0.717) is 33.6 Å². The number of aromatic nitrogens is 1. The van der Waals surface area contributed by atoms with Crippen molar-refractivity contribution in [2.75, 3.05) is 6.54 Å². The Morgan fingerprint density at radius 3 is 2.18 bits per heavy atom. The first-order valence-electron chi connectivity index (χ1n) is 15.5. The quantitative estimate of drug-likeness (QED) is 0.159. The number of rotatable bonds is 9. The molecule has 2 amide bonds. The predicted molar refractivity (Wildman–Crippen MR) is 185 cm³/mol. The zero-order valence-electron chi connectivity index (χ0n) is 25.2. The number of benzene rings is 3. The molecule has 0 atom stereocenters. The van der Waals surface area contributed by atoms with E-state index in [9.17, 15) is 9.59 Å². The van der Waals surface area contributed by atoms with E-state index >= 15 is 0 Å². The second-order valence-electron chi connectivity index (χ2n) is 11.6. The highest BCUT2D eigenvalue weighted by atomic mass is 35.5. The molecule has 5 aromatic rings. The van der Waals surface area contributed by atoms with Crippen LogP contribution >= 0.6 is 34.5 Å². The number of nitrogens with zero attached hydrogens (tertiary/aromatic N) is 3. The van der Waals surface area contributed by atoms with Gasteiger partial charge in [0.05, 0.1) is 5.02 Å². The van der Waals surface area contributed by atoms with Crippen LogP contribution in [-0.4, -0.2) is 45.2 Å². The minimum atomic E-state index is -0.0402. The van der Waals surface area contributed by atoms with Crippen LogP contribution in [0.5, 0.6) is 0 Å². The summed E-state index contributed by atoms with van der Waals surface area (Å²) in [5.41, 5.74) is 3.88. The fraction of sp³-hybridized carbons (Fsp3) is 0.270. The smallest absolute Gasteiger partial charge is 0.266 e. The van der Waals surface area contributed by atoms with Gasteiger partial charge in [0.1, 0.15) is 4.88 Å². The third-order valence-electron chi connectivity index (χ3n) is 8.65. The van der Waals surface area contributed by atoms with Crippen LogP contribution in [0.4, 0.5) is 0 Å². The van der Waals surface area contributed by atoms with E-state index in [2.05, 4.69) is 30.1 Å². The molecule has 1 aliphatic carbocycles. The summed E-state index contributed by atoms with van der Waals surface area (Å²) in [5, 5.41) is 2.04. The van der Waals surface area contributed by atoms with Gasteiger partial charge in [0, 0.05) is 58.2 Å². The van der Waals surface area contributed by atoms with Crippen LogP contribution in [0.2, 0.25) is 10.0 Å². The van der Waals surface area contributed by atoms with E-state index < -0.39 is 0 Å². The summed E-state index contributed by atoms with van der Waals surface area (Å²) in [6, 6.07) is 27.5. The molecule has 6 rings (SSSR count). The van der Waals surface area contributed by atoms with Crippen molar-refractivity contribution in [3.05, 3.63) is 123 Å². The third-order valence-corrected chi connectivity index (χ3v) is 10.6. The van der Waals surface area contributed by atoms with Crippen LogP contribution in [0.25, 0.3) is 21.2 Å². The Morgan fingerprint density at radius 2 is 1.49 bits per heavy atom. The zero-order valence-corrected chi connectivity index (χ0v) is 27.5. The highest BCUT2D eigenvalue weighted by Crippen LogP contribution is 2.38. The maximum absolute atomic E-state index is 14.4. The molecule has 0 spiro atoms. The van der Waals surface area contributed by atoms with Crippen LogP contribution in [0, 0.1) is 0 Å². The van der Waals surface area contributed by atoms with Gasteiger partial charge in [-0.3, -0.25) is 14.6 Å². The largest absolute Gasteiger partial charge is 0.336 e. The fourth-order valence-corrected chi connectivity index (χ4v) is 7.96. The molecule has 8 heteroatoms. The number of halogens is 2. The Bertz CT molecular complexity index is 1780. The first-order valence-corrected chi connectivity index (χ1v) is 17.0. The summed E-state index contributed by atoms with van der Waals surface area (Å²) in [7, 11) is 0. The lowest BCUT2D eigenvalue weighted by Crippen LogP contribution is -2.47. The lowest BCUT2D eigenvalue weighted by Gasteiger charge is -2.41. The van der Waals surface area contributed by atoms with Gasteiger partial charge in [0.25, 0.3) is 11.8 Å². The number of hydrogen-bond donors (Lipinski definition) is 0. The predicted octanol–water partition coefficient (Wildman–Crippen LogP) is 9.78. The number of carbonyl (C=O) groups excluding carboxylic acids is 2. The van der Waals surface area contributed by atoms with Gasteiger partial charge in [-0.05, 0) is 97.3 Å². The topological polar surface area (TPSA) is 53.5 Å². The lowest BCUT2D eigenvalue weighted by molar-refractivity contribution is 0.0473. The number of fused-ring (bicyclic) bond motifs is 1. The molecule has 3 aromatic carbocycles. The van der Waals surface area contributed by atoms with Crippen molar-refractivity contribution in [3.63, 3.8) is 0 Å². The highest BCUT2D eigenvalue weighted by Gasteiger charge is 2.34. The van der Waals surface area contributed by atoms with Crippen LogP contribution in [0.1, 0.15) is 64.6 Å². The van der Waals surface area contributed by atoms with Gasteiger partial charge < -0.3 is 9.80 Å². The molecular formula is C37H35Cl2N3O2S. The normalized spacial score (nSPS) is 16.4. The third kappa shape index (κ3) is 6.94. The molecule has 2 heterocycles. The standard InChI is InChI=1S/C37H35Cl2N3O2S/c1-2-22-41(36(43)27-10-12-29(38)13-11-27)30-14-16-31(17-15-30)42(37(44)35-34(39)32-8-3-4-9-33(32)45-35)24-25-6-5-7-28(23-25)26-18-20-40-21-19-26/h3-13,18-21,23,30-31H,2,14-17,22,24H2,1H3. The number of pyridine rings is 1. The molecule has 0 bridgehead atoms. The zero-order chi connectivity index (χ0) is 31.3. The van der Waals surface area contributed by atoms with E-state index in [0.717, 1.165) is 58.9 Å². The second-order valence-corrected chi connectivity index (χ2v) is 13.4. The molecule has 0 aliphatic heterocycles. The molecular weight excluding hydrogens is 621 g/mol. The van der Waals surface area contributed by atoms with Gasteiger partial charge in [-0.25, -0.2) is 0 Å². The van der Waals surface area contributed by atoms with E-state index in [-0.39, 0.29) is 23.9 Å². The molecule has 0 unspecified atom stereocenters. The number of amides is 2. The average molecular weight is 657 g/mol. The molecule has 0 saturated heterocycles. The SMILES string of the molecule is CCCN(C(=O)c1ccc(Cl)cc1)C1CCC(N(Cc2cccc(-c3ccncc3)c2)C(=O)c2sc3ccccc3c2Cl)CC1. The number of thiophene rings is 1. The summed E-state index contributed by atoms with van der Waals surface area (Å²) in [6.07, 6.45) is 7.71. The van der Waals surface area contributed by atoms with Gasteiger partial charge >= 0.3 is 0 Å². The second kappa shape index (κ2) is 14.2. The monoisotopic (exact) mass is 655 g/mol. The first-order chi connectivity index (χ1) is 21.9. The number of hydrogen-bond acceptors (Lipinski definition) is 4. The van der Waals surface area contributed by atoms with Crippen LogP contribution in [0.3, 0.4) is 0 Å². The van der Waals surface area contributed by atoms with Gasteiger partial charge in [-0.15, -0.1) is 11.3 Å². The molecule has 2 aromatic heterocycles. The van der Waals surface area contributed by atoms with E-state index in [1.807, 2.05) is 52.3 Å². The maximum Gasteiger partial charge on any atom is 0.266 e. The van der Waals surface area contributed by atoms with Crippen molar-refractivity contribution in [1.29, 1.82) is 0 Å².